The summed E-state index contributed by atoms with van der Waals surface area (Å²) in [5.41, 5.74) is 1.44. The van der Waals surface area contributed by atoms with E-state index < -0.39 is 6.04 Å². The lowest BCUT2D eigenvalue weighted by atomic mass is 9.94. The average molecular weight is 445 g/mol. The van der Waals surface area contributed by atoms with E-state index in [2.05, 4.69) is 5.32 Å². The first kappa shape index (κ1) is 22.9. The molecule has 2 amide bonds. The molecule has 1 saturated carbocycles. The van der Waals surface area contributed by atoms with Crippen LogP contribution in [0, 0.1) is 0 Å². The van der Waals surface area contributed by atoms with Gasteiger partial charge in [-0.3, -0.25) is 9.59 Å². The van der Waals surface area contributed by atoms with Crippen molar-refractivity contribution in [3.63, 3.8) is 0 Å². The fourth-order valence-electron chi connectivity index (χ4n) is 4.04. The van der Waals surface area contributed by atoms with Gasteiger partial charge in [0.25, 0.3) is 0 Å². The highest BCUT2D eigenvalue weighted by atomic mass is 35.5. The van der Waals surface area contributed by atoms with Gasteiger partial charge in [0.05, 0.1) is 7.11 Å². The van der Waals surface area contributed by atoms with E-state index in [0.29, 0.717) is 5.56 Å². The highest BCUT2D eigenvalue weighted by Crippen LogP contribution is 2.33. The molecular formula is C24H29ClN2O4. The van der Waals surface area contributed by atoms with Crippen LogP contribution >= 0.6 is 11.6 Å². The molecule has 0 bridgehead atoms. The standard InChI is InChI=1S/C24H29ClN2O4/c1-31-21-14-18(12-13-20(21)28)23(24(30)26-19-10-6-3-7-11-19)27(22(29)15-25)16-17-8-4-2-5-9-17/h2,4-5,8-9,12-14,19,23,28H,3,6-7,10-11,15-16H2,1H3,(H,26,30)/t23-/m0/s1. The number of rotatable bonds is 8. The van der Waals surface area contributed by atoms with E-state index in [-0.39, 0.29) is 41.8 Å². The molecule has 1 fully saturated rings. The number of ether oxygens (including phenoxy) is 1. The molecule has 1 aliphatic rings. The lowest BCUT2D eigenvalue weighted by Gasteiger charge is -2.33. The van der Waals surface area contributed by atoms with Gasteiger partial charge in [-0.05, 0) is 36.1 Å². The molecule has 1 atom stereocenters. The summed E-state index contributed by atoms with van der Waals surface area (Å²) in [7, 11) is 1.45. The van der Waals surface area contributed by atoms with Crippen LogP contribution in [-0.4, -0.2) is 40.9 Å². The first-order chi connectivity index (χ1) is 15.0. The normalized spacial score (nSPS) is 15.2. The van der Waals surface area contributed by atoms with Gasteiger partial charge in [0.1, 0.15) is 11.9 Å². The molecule has 2 aromatic rings. The van der Waals surface area contributed by atoms with E-state index in [4.69, 9.17) is 16.3 Å². The number of phenolic OH excluding ortho intramolecular Hbond substituents is 1. The lowest BCUT2D eigenvalue weighted by molar-refractivity contribution is -0.140. The predicted octanol–water partition coefficient (Wildman–Crippen LogP) is 4.16. The number of alkyl halides is 1. The molecule has 166 valence electrons. The summed E-state index contributed by atoms with van der Waals surface area (Å²) in [5, 5.41) is 13.2. The van der Waals surface area contributed by atoms with Crippen molar-refractivity contribution >= 4 is 23.4 Å². The van der Waals surface area contributed by atoms with Crippen molar-refractivity contribution in [2.45, 2.75) is 50.7 Å². The fraction of sp³-hybridized carbons (Fsp3) is 0.417. The van der Waals surface area contributed by atoms with Gasteiger partial charge in [0.2, 0.25) is 11.8 Å². The van der Waals surface area contributed by atoms with Gasteiger partial charge in [-0.2, -0.15) is 0 Å². The Morgan fingerprint density at radius 1 is 1.16 bits per heavy atom. The summed E-state index contributed by atoms with van der Waals surface area (Å²) in [6.45, 7) is 0.234. The third kappa shape index (κ3) is 5.91. The zero-order chi connectivity index (χ0) is 22.2. The second kappa shape index (κ2) is 11.0. The van der Waals surface area contributed by atoms with Crippen molar-refractivity contribution in [2.75, 3.05) is 13.0 Å². The summed E-state index contributed by atoms with van der Waals surface area (Å²) in [5.74, 6) is -0.632. The number of carbonyl (C=O) groups is 2. The van der Waals surface area contributed by atoms with Crippen LogP contribution in [0.2, 0.25) is 0 Å². The van der Waals surface area contributed by atoms with Gasteiger partial charge in [-0.15, -0.1) is 11.6 Å². The van der Waals surface area contributed by atoms with Crippen LogP contribution in [0.4, 0.5) is 0 Å². The molecular weight excluding hydrogens is 416 g/mol. The van der Waals surface area contributed by atoms with Crippen molar-refractivity contribution in [1.82, 2.24) is 10.2 Å². The predicted molar refractivity (Wildman–Crippen MR) is 120 cm³/mol. The van der Waals surface area contributed by atoms with Crippen LogP contribution in [0.3, 0.4) is 0 Å². The number of carbonyl (C=O) groups excluding carboxylic acids is 2. The zero-order valence-corrected chi connectivity index (χ0v) is 18.5. The molecule has 3 rings (SSSR count). The van der Waals surface area contributed by atoms with Crippen LogP contribution in [0.25, 0.3) is 0 Å². The SMILES string of the molecule is COc1cc([C@@H](C(=O)NC2CCCCC2)N(Cc2ccccc2)C(=O)CCl)ccc1O. The number of nitrogens with zero attached hydrogens (tertiary/aromatic N) is 1. The van der Waals surface area contributed by atoms with Crippen molar-refractivity contribution < 1.29 is 19.4 Å². The Morgan fingerprint density at radius 3 is 2.52 bits per heavy atom. The Bertz CT molecular complexity index is 884. The van der Waals surface area contributed by atoms with Crippen LogP contribution < -0.4 is 10.1 Å². The van der Waals surface area contributed by atoms with Crippen LogP contribution in [0.15, 0.2) is 48.5 Å². The van der Waals surface area contributed by atoms with E-state index in [1.807, 2.05) is 30.3 Å². The fourth-order valence-corrected chi connectivity index (χ4v) is 4.20. The number of methoxy groups -OCH3 is 1. The molecule has 0 radical (unpaired) electrons. The molecule has 1 aliphatic carbocycles. The van der Waals surface area contributed by atoms with E-state index in [1.54, 1.807) is 12.1 Å². The molecule has 2 N–H and O–H groups in total. The highest BCUT2D eigenvalue weighted by molar-refractivity contribution is 6.27. The first-order valence-corrected chi connectivity index (χ1v) is 11.1. The molecule has 0 saturated heterocycles. The third-order valence-corrected chi connectivity index (χ3v) is 5.89. The van der Waals surface area contributed by atoms with Gasteiger partial charge in [-0.25, -0.2) is 0 Å². The number of aromatic hydroxyl groups is 1. The van der Waals surface area contributed by atoms with E-state index in [9.17, 15) is 14.7 Å². The number of amides is 2. The molecule has 0 aromatic heterocycles. The van der Waals surface area contributed by atoms with Crippen molar-refractivity contribution in [3.05, 3.63) is 59.7 Å². The van der Waals surface area contributed by atoms with Gasteiger partial charge in [0, 0.05) is 12.6 Å². The molecule has 0 spiro atoms. The van der Waals surface area contributed by atoms with Gasteiger partial charge < -0.3 is 20.1 Å². The van der Waals surface area contributed by atoms with Crippen LogP contribution in [0.1, 0.15) is 49.3 Å². The van der Waals surface area contributed by atoms with Gasteiger partial charge in [-0.1, -0.05) is 55.7 Å². The van der Waals surface area contributed by atoms with Gasteiger partial charge >= 0.3 is 0 Å². The van der Waals surface area contributed by atoms with Crippen molar-refractivity contribution in [3.8, 4) is 11.5 Å². The summed E-state index contributed by atoms with van der Waals surface area (Å²) >= 11 is 5.94. The summed E-state index contributed by atoms with van der Waals surface area (Å²) in [4.78, 5) is 27.9. The number of phenols is 1. The minimum atomic E-state index is -0.900. The minimum Gasteiger partial charge on any atom is -0.504 e. The second-order valence-corrected chi connectivity index (χ2v) is 8.09. The van der Waals surface area contributed by atoms with E-state index in [1.165, 1.54) is 24.5 Å². The maximum atomic E-state index is 13.5. The molecule has 31 heavy (non-hydrogen) atoms. The van der Waals surface area contributed by atoms with E-state index in [0.717, 1.165) is 31.2 Å². The van der Waals surface area contributed by atoms with E-state index >= 15 is 0 Å². The molecule has 0 unspecified atom stereocenters. The number of hydrogen-bond acceptors (Lipinski definition) is 4. The molecule has 6 nitrogen and oxygen atoms in total. The summed E-state index contributed by atoms with van der Waals surface area (Å²) in [6.07, 6.45) is 5.20. The Morgan fingerprint density at radius 2 is 1.87 bits per heavy atom. The van der Waals surface area contributed by atoms with Crippen molar-refractivity contribution in [2.24, 2.45) is 0 Å². The highest BCUT2D eigenvalue weighted by Gasteiger charge is 2.33. The first-order valence-electron chi connectivity index (χ1n) is 10.6. The molecule has 0 heterocycles. The Kier molecular flexibility index (Phi) is 8.18. The smallest absolute Gasteiger partial charge is 0.247 e. The summed E-state index contributed by atoms with van der Waals surface area (Å²) < 4.78 is 5.24. The van der Waals surface area contributed by atoms with Gasteiger partial charge in [0.15, 0.2) is 11.5 Å². The molecule has 7 heteroatoms. The number of hydrogen-bond donors (Lipinski definition) is 2. The Hall–Kier alpha value is -2.73. The number of halogens is 1. The largest absolute Gasteiger partial charge is 0.504 e. The topological polar surface area (TPSA) is 78.9 Å². The molecule has 0 aliphatic heterocycles. The maximum absolute atomic E-state index is 13.5. The number of nitrogens with one attached hydrogen (secondary N) is 1. The van der Waals surface area contributed by atoms with Crippen LogP contribution in [-0.2, 0) is 16.1 Å². The molecule has 2 aromatic carbocycles. The van der Waals surface area contributed by atoms with Crippen molar-refractivity contribution in [1.29, 1.82) is 0 Å². The average Bonchev–Trinajstić information content (AvgIpc) is 2.80. The zero-order valence-electron chi connectivity index (χ0n) is 17.7. The Balaban J connectivity index is 1.98. The third-order valence-electron chi connectivity index (χ3n) is 5.66. The maximum Gasteiger partial charge on any atom is 0.247 e. The monoisotopic (exact) mass is 444 g/mol. The minimum absolute atomic E-state index is 0.0315. The lowest BCUT2D eigenvalue weighted by Crippen LogP contribution is -2.47. The Labute approximate surface area is 188 Å². The second-order valence-electron chi connectivity index (χ2n) is 7.82. The summed E-state index contributed by atoms with van der Waals surface area (Å²) in [6, 6.07) is 13.4. The van der Waals surface area contributed by atoms with Crippen LogP contribution in [0.5, 0.6) is 11.5 Å². The number of benzene rings is 2. The quantitative estimate of drug-likeness (QED) is 0.599.